The lowest BCUT2D eigenvalue weighted by Gasteiger charge is -2.20. The number of rotatable bonds is 5. The Kier molecular flexibility index (Phi) is 6.16. The van der Waals surface area contributed by atoms with E-state index in [4.69, 9.17) is 14.4 Å². The van der Waals surface area contributed by atoms with Crippen molar-refractivity contribution in [3.63, 3.8) is 0 Å². The van der Waals surface area contributed by atoms with Gasteiger partial charge in [0, 0.05) is 28.1 Å². The zero-order chi connectivity index (χ0) is 28.1. The van der Waals surface area contributed by atoms with Gasteiger partial charge in [0.2, 0.25) is 0 Å². The van der Waals surface area contributed by atoms with Crippen molar-refractivity contribution in [1.29, 1.82) is 0 Å². The quantitative estimate of drug-likeness (QED) is 0.221. The maximum absolute atomic E-state index is 6.80. The van der Waals surface area contributed by atoms with Gasteiger partial charge in [0.05, 0.1) is 22.3 Å². The summed E-state index contributed by atoms with van der Waals surface area (Å²) in [5.74, 6) is 0.826. The van der Waals surface area contributed by atoms with Gasteiger partial charge in [-0.25, -0.2) is 4.98 Å². The average molecular weight is 533 g/mol. The standard InChI is InChI=1S/C38H32N2O/c1-23(2)27-15-10-16-28(24(3)4)34(27)26-20-21-39-33(22-26)30-17-11-18-31-35-36(25-12-6-5-7-13-25)40-32-19-9-8-14-29(32)38(35)41-37(30)31/h5-24H,1-4H3. The summed E-state index contributed by atoms with van der Waals surface area (Å²) in [7, 11) is 0. The highest BCUT2D eigenvalue weighted by molar-refractivity contribution is 6.20. The van der Waals surface area contributed by atoms with Crippen LogP contribution in [0.15, 0.2) is 114 Å². The van der Waals surface area contributed by atoms with Crippen LogP contribution in [0.5, 0.6) is 0 Å². The Morgan fingerprint density at radius 3 is 2.05 bits per heavy atom. The summed E-state index contributed by atoms with van der Waals surface area (Å²) in [5.41, 5.74) is 11.7. The number of furan rings is 1. The number of nitrogens with zero attached hydrogens (tertiary/aromatic N) is 2. The molecule has 0 radical (unpaired) electrons. The molecule has 0 fully saturated rings. The van der Waals surface area contributed by atoms with Crippen LogP contribution in [0, 0.1) is 0 Å². The number of hydrogen-bond donors (Lipinski definition) is 0. The fourth-order valence-electron chi connectivity index (χ4n) is 6.11. The summed E-state index contributed by atoms with van der Waals surface area (Å²) in [6.45, 7) is 9.07. The van der Waals surface area contributed by atoms with Gasteiger partial charge in [0.25, 0.3) is 0 Å². The van der Waals surface area contributed by atoms with E-state index in [1.807, 2.05) is 24.4 Å². The van der Waals surface area contributed by atoms with E-state index in [9.17, 15) is 0 Å². The predicted octanol–water partition coefficient (Wildman–Crippen LogP) is 10.8. The largest absolute Gasteiger partial charge is 0.455 e. The average Bonchev–Trinajstić information content (AvgIpc) is 3.41. The Labute approximate surface area is 240 Å². The molecule has 3 heterocycles. The minimum atomic E-state index is 0.413. The van der Waals surface area contributed by atoms with E-state index in [-0.39, 0.29) is 0 Å². The van der Waals surface area contributed by atoms with Crippen LogP contribution in [0.3, 0.4) is 0 Å². The van der Waals surface area contributed by atoms with Crippen molar-refractivity contribution in [2.45, 2.75) is 39.5 Å². The number of hydrogen-bond acceptors (Lipinski definition) is 3. The summed E-state index contributed by atoms with van der Waals surface area (Å²) in [4.78, 5) is 10.0. The predicted molar refractivity (Wildman–Crippen MR) is 171 cm³/mol. The van der Waals surface area contributed by atoms with E-state index < -0.39 is 0 Å². The van der Waals surface area contributed by atoms with Crippen LogP contribution in [0.2, 0.25) is 0 Å². The SMILES string of the molecule is CC(C)c1cccc(C(C)C)c1-c1ccnc(-c2cccc3c2oc2c4ccccc4nc(-c4ccccc4)c32)c1. The van der Waals surface area contributed by atoms with Gasteiger partial charge in [-0.15, -0.1) is 0 Å². The van der Waals surface area contributed by atoms with Gasteiger partial charge in [-0.3, -0.25) is 4.98 Å². The first-order valence-electron chi connectivity index (χ1n) is 14.4. The van der Waals surface area contributed by atoms with Crippen LogP contribution >= 0.6 is 0 Å². The summed E-state index contributed by atoms with van der Waals surface area (Å²) in [5, 5.41) is 3.10. The van der Waals surface area contributed by atoms with Crippen molar-refractivity contribution in [3.8, 4) is 33.6 Å². The van der Waals surface area contributed by atoms with Crippen molar-refractivity contribution in [1.82, 2.24) is 9.97 Å². The molecule has 3 heteroatoms. The van der Waals surface area contributed by atoms with Crippen molar-refractivity contribution < 1.29 is 4.42 Å². The molecule has 0 spiro atoms. The van der Waals surface area contributed by atoms with Gasteiger partial charge in [0.15, 0.2) is 0 Å². The molecule has 0 atom stereocenters. The van der Waals surface area contributed by atoms with E-state index in [0.717, 1.165) is 55.4 Å². The van der Waals surface area contributed by atoms with E-state index in [1.165, 1.54) is 22.3 Å². The van der Waals surface area contributed by atoms with E-state index in [2.05, 4.69) is 113 Å². The Balaban J connectivity index is 1.50. The minimum absolute atomic E-state index is 0.413. The first-order chi connectivity index (χ1) is 20.0. The molecule has 0 bridgehead atoms. The van der Waals surface area contributed by atoms with Crippen LogP contribution in [0.1, 0.15) is 50.7 Å². The molecule has 3 aromatic heterocycles. The summed E-state index contributed by atoms with van der Waals surface area (Å²) in [6, 6.07) is 36.0. The molecule has 0 N–H and O–H groups in total. The van der Waals surface area contributed by atoms with Crippen LogP contribution < -0.4 is 0 Å². The summed E-state index contributed by atoms with van der Waals surface area (Å²) < 4.78 is 6.80. The molecule has 7 aromatic rings. The molecule has 41 heavy (non-hydrogen) atoms. The van der Waals surface area contributed by atoms with Gasteiger partial charge in [0.1, 0.15) is 11.2 Å². The molecule has 0 saturated carbocycles. The zero-order valence-electron chi connectivity index (χ0n) is 23.8. The van der Waals surface area contributed by atoms with Crippen molar-refractivity contribution in [3.05, 3.63) is 120 Å². The highest BCUT2D eigenvalue weighted by atomic mass is 16.3. The lowest BCUT2D eigenvalue weighted by Crippen LogP contribution is -2.00. The molecular weight excluding hydrogens is 500 g/mol. The third-order valence-electron chi connectivity index (χ3n) is 8.08. The van der Waals surface area contributed by atoms with Crippen LogP contribution in [0.4, 0.5) is 0 Å². The van der Waals surface area contributed by atoms with Gasteiger partial charge in [-0.1, -0.05) is 100 Å². The number of aromatic nitrogens is 2. The molecule has 4 aromatic carbocycles. The van der Waals surface area contributed by atoms with Crippen LogP contribution in [-0.2, 0) is 0 Å². The van der Waals surface area contributed by atoms with Crippen molar-refractivity contribution >= 4 is 32.8 Å². The highest BCUT2D eigenvalue weighted by Crippen LogP contribution is 2.43. The molecule has 0 amide bonds. The van der Waals surface area contributed by atoms with E-state index >= 15 is 0 Å². The normalized spacial score (nSPS) is 11.9. The maximum atomic E-state index is 6.80. The Bertz CT molecular complexity index is 2020. The van der Waals surface area contributed by atoms with E-state index in [1.54, 1.807) is 0 Å². The molecule has 200 valence electrons. The Morgan fingerprint density at radius 1 is 0.610 bits per heavy atom. The third-order valence-corrected chi connectivity index (χ3v) is 8.08. The number of fused-ring (bicyclic) bond motifs is 5. The summed E-state index contributed by atoms with van der Waals surface area (Å²) >= 11 is 0. The molecule has 0 unspecified atom stereocenters. The van der Waals surface area contributed by atoms with Crippen LogP contribution in [-0.4, -0.2) is 9.97 Å². The second-order valence-corrected chi connectivity index (χ2v) is 11.4. The Morgan fingerprint density at radius 2 is 1.29 bits per heavy atom. The first kappa shape index (κ1) is 25.2. The smallest absolute Gasteiger partial charge is 0.147 e. The second kappa shape index (κ2) is 10.0. The molecular formula is C38H32N2O. The molecule has 0 saturated heterocycles. The maximum Gasteiger partial charge on any atom is 0.147 e. The van der Waals surface area contributed by atoms with Crippen molar-refractivity contribution in [2.24, 2.45) is 0 Å². The first-order valence-corrected chi connectivity index (χ1v) is 14.4. The van der Waals surface area contributed by atoms with Gasteiger partial charge < -0.3 is 4.42 Å². The Hall–Kier alpha value is -4.76. The minimum Gasteiger partial charge on any atom is -0.455 e. The van der Waals surface area contributed by atoms with Gasteiger partial charge >= 0.3 is 0 Å². The number of para-hydroxylation sites is 2. The number of pyridine rings is 2. The van der Waals surface area contributed by atoms with Gasteiger partial charge in [-0.05, 0) is 64.4 Å². The fraction of sp³-hybridized carbons (Fsp3) is 0.158. The molecule has 0 aliphatic carbocycles. The summed E-state index contributed by atoms with van der Waals surface area (Å²) in [6.07, 6.45) is 1.93. The monoisotopic (exact) mass is 532 g/mol. The lowest BCUT2D eigenvalue weighted by atomic mass is 9.85. The number of benzene rings is 4. The lowest BCUT2D eigenvalue weighted by molar-refractivity contribution is 0.673. The van der Waals surface area contributed by atoms with Crippen molar-refractivity contribution in [2.75, 3.05) is 0 Å². The molecule has 7 rings (SSSR count). The highest BCUT2D eigenvalue weighted by Gasteiger charge is 2.21. The second-order valence-electron chi connectivity index (χ2n) is 11.4. The zero-order valence-corrected chi connectivity index (χ0v) is 23.8. The molecule has 0 aliphatic rings. The third kappa shape index (κ3) is 4.20. The van der Waals surface area contributed by atoms with Crippen LogP contribution in [0.25, 0.3) is 66.5 Å². The fourth-order valence-corrected chi connectivity index (χ4v) is 6.11. The topological polar surface area (TPSA) is 38.9 Å². The molecule has 3 nitrogen and oxygen atoms in total. The van der Waals surface area contributed by atoms with E-state index in [0.29, 0.717) is 11.8 Å². The molecule has 0 aliphatic heterocycles. The van der Waals surface area contributed by atoms with Gasteiger partial charge in [-0.2, -0.15) is 0 Å².